The highest BCUT2D eigenvalue weighted by Crippen LogP contribution is 2.44. The highest BCUT2D eigenvalue weighted by molar-refractivity contribution is 6.51. The summed E-state index contributed by atoms with van der Waals surface area (Å²) < 4.78 is 16.1. The van der Waals surface area contributed by atoms with Gasteiger partial charge in [-0.15, -0.1) is 0 Å². The minimum atomic E-state index is -0.983. The number of imidazole rings is 1. The van der Waals surface area contributed by atoms with Gasteiger partial charge in [0.15, 0.2) is 11.5 Å². The van der Waals surface area contributed by atoms with Crippen molar-refractivity contribution in [2.75, 3.05) is 26.2 Å². The van der Waals surface area contributed by atoms with Crippen LogP contribution in [0, 0.1) is 6.92 Å². The Morgan fingerprint density at radius 2 is 1.68 bits per heavy atom. The van der Waals surface area contributed by atoms with Crippen molar-refractivity contribution >= 4 is 46.0 Å². The van der Waals surface area contributed by atoms with Crippen molar-refractivity contribution in [3.8, 4) is 17.2 Å². The van der Waals surface area contributed by atoms with Crippen LogP contribution in [-0.4, -0.2) is 48.1 Å². The summed E-state index contributed by atoms with van der Waals surface area (Å²) in [6, 6.07) is 14.4. The van der Waals surface area contributed by atoms with Gasteiger partial charge in [0, 0.05) is 17.2 Å². The molecule has 1 aliphatic heterocycles. The fourth-order valence-corrected chi connectivity index (χ4v) is 4.83. The van der Waals surface area contributed by atoms with Gasteiger partial charge in [-0.1, -0.05) is 41.4 Å². The molecule has 0 spiro atoms. The van der Waals surface area contributed by atoms with E-state index >= 15 is 0 Å². The smallest absolute Gasteiger partial charge is 0.302 e. The fourth-order valence-electron chi connectivity index (χ4n) is 4.65. The lowest BCUT2D eigenvalue weighted by Crippen LogP contribution is -2.30. The number of methoxy groups -OCH3 is 3. The summed E-state index contributed by atoms with van der Waals surface area (Å²) in [6.45, 7) is 1.90. The van der Waals surface area contributed by atoms with Gasteiger partial charge in [0.05, 0.1) is 49.5 Å². The van der Waals surface area contributed by atoms with Crippen molar-refractivity contribution in [2.24, 2.45) is 0 Å². The van der Waals surface area contributed by atoms with E-state index in [1.807, 2.05) is 25.1 Å². The number of hydrogen-bond acceptors (Lipinski definition) is 7. The second kappa shape index (κ2) is 9.75. The van der Waals surface area contributed by atoms with E-state index in [0.29, 0.717) is 38.9 Å². The lowest BCUT2D eigenvalue weighted by molar-refractivity contribution is -0.132. The predicted molar refractivity (Wildman–Crippen MR) is 143 cm³/mol. The van der Waals surface area contributed by atoms with Crippen LogP contribution in [0.1, 0.15) is 22.7 Å². The number of rotatable bonds is 6. The molecule has 2 N–H and O–H groups in total. The number of aromatic amines is 1. The van der Waals surface area contributed by atoms with E-state index in [-0.39, 0.29) is 17.1 Å². The van der Waals surface area contributed by atoms with E-state index in [0.717, 1.165) is 5.56 Å². The molecule has 1 atom stereocenters. The summed E-state index contributed by atoms with van der Waals surface area (Å²) in [5, 5.41) is 11.8. The third kappa shape index (κ3) is 4.10. The standard InChI is InChI=1S/C28H24ClN3O6/c1-14-6-5-7-15(10-14)24-23(25(33)17-11-16(29)8-9-20(17)36-2)26(34)27(35)32(24)28-30-18-12-21(37-3)22(38-4)13-19(18)31-28/h5-13,24,33H,1-4H3,(H,30,31)/b25-23+. The molecule has 1 aliphatic rings. The number of anilines is 1. The van der Waals surface area contributed by atoms with Crippen LogP contribution in [0.5, 0.6) is 17.2 Å². The number of benzene rings is 3. The van der Waals surface area contributed by atoms with Crippen LogP contribution in [0.25, 0.3) is 16.8 Å². The first-order valence-corrected chi connectivity index (χ1v) is 12.0. The number of nitrogens with zero attached hydrogens (tertiary/aromatic N) is 2. The molecule has 5 rings (SSSR count). The van der Waals surface area contributed by atoms with Gasteiger partial charge in [-0.2, -0.15) is 0 Å². The van der Waals surface area contributed by atoms with Crippen LogP contribution in [0.15, 0.2) is 60.2 Å². The molecule has 0 bridgehead atoms. The van der Waals surface area contributed by atoms with Gasteiger partial charge in [0.25, 0.3) is 5.78 Å². The molecule has 1 amide bonds. The molecular weight excluding hydrogens is 510 g/mol. The number of aromatic nitrogens is 2. The number of aliphatic hydroxyl groups excluding tert-OH is 1. The number of aliphatic hydroxyl groups is 1. The largest absolute Gasteiger partial charge is 0.507 e. The van der Waals surface area contributed by atoms with Crippen LogP contribution < -0.4 is 19.1 Å². The van der Waals surface area contributed by atoms with E-state index in [9.17, 15) is 14.7 Å². The lowest BCUT2D eigenvalue weighted by Gasteiger charge is -2.23. The van der Waals surface area contributed by atoms with Crippen LogP contribution in [-0.2, 0) is 9.59 Å². The van der Waals surface area contributed by atoms with Gasteiger partial charge in [-0.25, -0.2) is 4.98 Å². The van der Waals surface area contributed by atoms with Gasteiger partial charge in [-0.3, -0.25) is 14.5 Å². The maximum atomic E-state index is 13.5. The van der Waals surface area contributed by atoms with Crippen molar-refractivity contribution in [1.82, 2.24) is 9.97 Å². The van der Waals surface area contributed by atoms with Crippen molar-refractivity contribution in [1.29, 1.82) is 0 Å². The predicted octanol–water partition coefficient (Wildman–Crippen LogP) is 5.18. The molecule has 194 valence electrons. The maximum Gasteiger partial charge on any atom is 0.302 e. The van der Waals surface area contributed by atoms with Gasteiger partial charge < -0.3 is 24.3 Å². The van der Waals surface area contributed by atoms with E-state index < -0.39 is 23.5 Å². The first-order chi connectivity index (χ1) is 18.3. The van der Waals surface area contributed by atoms with Crippen LogP contribution >= 0.6 is 11.6 Å². The molecule has 38 heavy (non-hydrogen) atoms. The molecule has 4 aromatic rings. The van der Waals surface area contributed by atoms with Gasteiger partial charge in [0.2, 0.25) is 5.95 Å². The van der Waals surface area contributed by atoms with E-state index in [1.165, 1.54) is 32.3 Å². The Balaban J connectivity index is 1.75. The number of nitrogens with one attached hydrogen (secondary N) is 1. The number of amides is 1. The zero-order valence-corrected chi connectivity index (χ0v) is 21.8. The number of hydrogen-bond donors (Lipinski definition) is 2. The third-order valence-electron chi connectivity index (χ3n) is 6.42. The third-order valence-corrected chi connectivity index (χ3v) is 6.66. The van der Waals surface area contributed by atoms with Crippen LogP contribution in [0.4, 0.5) is 5.95 Å². The number of ether oxygens (including phenoxy) is 3. The molecule has 0 saturated carbocycles. The molecule has 0 aliphatic carbocycles. The van der Waals surface area contributed by atoms with Crippen LogP contribution in [0.2, 0.25) is 5.02 Å². The summed E-state index contributed by atoms with van der Waals surface area (Å²) in [4.78, 5) is 36.0. The van der Waals surface area contributed by atoms with E-state index in [4.69, 9.17) is 25.8 Å². The average Bonchev–Trinajstić information content (AvgIpc) is 3.44. The number of carbonyl (C=O) groups excluding carboxylic acids is 2. The molecule has 1 saturated heterocycles. The number of fused-ring (bicyclic) bond motifs is 1. The second-order valence-electron chi connectivity index (χ2n) is 8.71. The molecule has 0 radical (unpaired) electrons. The Morgan fingerprint density at radius 3 is 2.37 bits per heavy atom. The first-order valence-electron chi connectivity index (χ1n) is 11.6. The highest BCUT2D eigenvalue weighted by atomic mass is 35.5. The molecule has 1 fully saturated rings. The first kappa shape index (κ1) is 25.2. The van der Waals surface area contributed by atoms with Gasteiger partial charge in [-0.05, 0) is 30.7 Å². The fraction of sp³-hybridized carbons (Fsp3) is 0.179. The number of carbonyl (C=O) groups is 2. The Labute approximate surface area is 223 Å². The zero-order valence-electron chi connectivity index (χ0n) is 21.0. The zero-order chi connectivity index (χ0) is 27.1. The maximum absolute atomic E-state index is 13.5. The number of Topliss-reactive ketones (excluding diaryl/α,β-unsaturated/α-hetero) is 1. The molecule has 1 aromatic heterocycles. The number of H-pyrrole nitrogens is 1. The summed E-state index contributed by atoms with van der Waals surface area (Å²) in [5.41, 5.74) is 2.67. The lowest BCUT2D eigenvalue weighted by atomic mass is 9.94. The molecule has 10 heteroatoms. The number of aryl methyl sites for hydroxylation is 1. The van der Waals surface area contributed by atoms with Crippen molar-refractivity contribution in [2.45, 2.75) is 13.0 Å². The summed E-state index contributed by atoms with van der Waals surface area (Å²) in [7, 11) is 4.46. The molecule has 3 aromatic carbocycles. The monoisotopic (exact) mass is 533 g/mol. The molecular formula is C28H24ClN3O6. The van der Waals surface area contributed by atoms with E-state index in [1.54, 1.807) is 30.3 Å². The SMILES string of the molecule is COc1cc2nc(N3C(=O)C(=O)/C(=C(/O)c4cc(Cl)ccc4OC)C3c3cccc(C)c3)[nH]c2cc1OC. The highest BCUT2D eigenvalue weighted by Gasteiger charge is 2.48. The number of ketones is 1. The van der Waals surface area contributed by atoms with Gasteiger partial charge >= 0.3 is 5.91 Å². The minimum absolute atomic E-state index is 0.114. The van der Waals surface area contributed by atoms with Gasteiger partial charge in [0.1, 0.15) is 11.5 Å². The van der Waals surface area contributed by atoms with E-state index in [2.05, 4.69) is 9.97 Å². The summed E-state index contributed by atoms with van der Waals surface area (Å²) in [5.74, 6) is -0.770. The summed E-state index contributed by atoms with van der Waals surface area (Å²) >= 11 is 6.20. The Kier molecular flexibility index (Phi) is 6.46. The molecule has 9 nitrogen and oxygen atoms in total. The quantitative estimate of drug-likeness (QED) is 0.199. The Bertz CT molecular complexity index is 1590. The van der Waals surface area contributed by atoms with Crippen molar-refractivity contribution in [3.05, 3.63) is 81.9 Å². The van der Waals surface area contributed by atoms with Crippen molar-refractivity contribution < 1.29 is 28.9 Å². The molecule has 2 heterocycles. The molecule has 1 unspecified atom stereocenters. The topological polar surface area (TPSA) is 114 Å². The normalized spacial score (nSPS) is 16.8. The summed E-state index contributed by atoms with van der Waals surface area (Å²) in [6.07, 6.45) is 0. The number of halogens is 1. The minimum Gasteiger partial charge on any atom is -0.507 e. The second-order valence-corrected chi connectivity index (χ2v) is 9.15. The van der Waals surface area contributed by atoms with Crippen molar-refractivity contribution in [3.63, 3.8) is 0 Å². The Morgan fingerprint density at radius 1 is 0.974 bits per heavy atom. The van der Waals surface area contributed by atoms with Crippen LogP contribution in [0.3, 0.4) is 0 Å². The Hall–Kier alpha value is -4.50. The average molecular weight is 534 g/mol.